The molecule has 1 heterocycles. The molecule has 0 bridgehead atoms. The Morgan fingerprint density at radius 1 is 1.45 bits per heavy atom. The van der Waals surface area contributed by atoms with Crippen LogP contribution in [0.3, 0.4) is 0 Å². The molecule has 1 amide bonds. The Morgan fingerprint density at radius 2 is 2.15 bits per heavy atom. The van der Waals surface area contributed by atoms with Crippen molar-refractivity contribution < 1.29 is 18.0 Å². The van der Waals surface area contributed by atoms with E-state index in [1.54, 1.807) is 17.0 Å². The van der Waals surface area contributed by atoms with Gasteiger partial charge in [-0.05, 0) is 18.6 Å². The Kier molecular flexibility index (Phi) is 3.99. The molecule has 1 atom stereocenters. The number of nitrogens with one attached hydrogen (secondary N) is 2. The van der Waals surface area contributed by atoms with Gasteiger partial charge in [-0.25, -0.2) is 0 Å². The molecule has 110 valence electrons. The molecule has 0 aromatic heterocycles. The first-order chi connectivity index (χ1) is 9.27. The average molecular weight is 307 g/mol. The third-order valence-corrected chi connectivity index (χ3v) is 3.32. The molecule has 1 aliphatic heterocycles. The lowest BCUT2D eigenvalue weighted by molar-refractivity contribution is -0.174. The van der Waals surface area contributed by atoms with Crippen LogP contribution in [0, 0.1) is 0 Å². The molecule has 1 aromatic rings. The highest BCUT2D eigenvalue weighted by atomic mass is 35.5. The van der Waals surface area contributed by atoms with Gasteiger partial charge in [0.15, 0.2) is 0 Å². The summed E-state index contributed by atoms with van der Waals surface area (Å²) in [6, 6.07) is 4.17. The number of rotatable bonds is 2. The summed E-state index contributed by atoms with van der Waals surface area (Å²) >= 11 is 5.75. The van der Waals surface area contributed by atoms with Crippen molar-refractivity contribution in [3.05, 3.63) is 29.0 Å². The summed E-state index contributed by atoms with van der Waals surface area (Å²) in [6.07, 6.45) is -4.46. The summed E-state index contributed by atoms with van der Waals surface area (Å²) in [4.78, 5) is 12.6. The molecule has 4 nitrogen and oxygen atoms in total. The normalized spacial score (nSPS) is 19.2. The third-order valence-electron chi connectivity index (χ3n) is 3.08. The summed E-state index contributed by atoms with van der Waals surface area (Å²) < 4.78 is 36.5. The number of nitrogens with zero attached hydrogens (tertiary/aromatic N) is 1. The lowest BCUT2D eigenvalue weighted by Gasteiger charge is -2.24. The Hall–Kier alpha value is -1.63. The van der Waals surface area contributed by atoms with Gasteiger partial charge in [0.2, 0.25) is 0 Å². The number of benzene rings is 1. The van der Waals surface area contributed by atoms with Gasteiger partial charge in [0, 0.05) is 29.8 Å². The number of alkyl halides is 3. The largest absolute Gasteiger partial charge is 0.697 e. The van der Waals surface area contributed by atoms with Crippen LogP contribution in [0.1, 0.15) is 6.42 Å². The summed E-state index contributed by atoms with van der Waals surface area (Å²) in [7, 11) is 0. The molecular weight excluding hydrogens is 295 g/mol. The van der Waals surface area contributed by atoms with E-state index in [2.05, 4.69) is 0 Å². The predicted octanol–water partition coefficient (Wildman–Crippen LogP) is 3.28. The lowest BCUT2D eigenvalue weighted by atomic mass is 10.2. The number of anilines is 1. The van der Waals surface area contributed by atoms with Crippen molar-refractivity contribution in [1.82, 2.24) is 5.32 Å². The van der Waals surface area contributed by atoms with Gasteiger partial charge in [-0.1, -0.05) is 17.7 Å². The van der Waals surface area contributed by atoms with Gasteiger partial charge in [-0.15, -0.1) is 5.69 Å². The van der Waals surface area contributed by atoms with Crippen LogP contribution in [-0.4, -0.2) is 31.2 Å². The topological polar surface area (TPSA) is 56.1 Å². The Labute approximate surface area is 118 Å². The zero-order valence-electron chi connectivity index (χ0n) is 10.3. The van der Waals surface area contributed by atoms with E-state index in [9.17, 15) is 18.0 Å². The van der Waals surface area contributed by atoms with Crippen LogP contribution in [0.5, 0.6) is 0 Å². The SMILES string of the molecule is [NH-]c1cc(Cl)ccc1N1CCC(NC(=O)C(F)(F)F)C1. The summed E-state index contributed by atoms with van der Waals surface area (Å²) in [6.45, 7) is 0.728. The van der Waals surface area contributed by atoms with E-state index >= 15 is 0 Å². The van der Waals surface area contributed by atoms with Gasteiger partial charge in [0.1, 0.15) is 0 Å². The molecule has 0 spiro atoms. The molecule has 1 aromatic carbocycles. The zero-order chi connectivity index (χ0) is 14.9. The van der Waals surface area contributed by atoms with Crippen molar-refractivity contribution in [2.45, 2.75) is 18.6 Å². The van der Waals surface area contributed by atoms with Crippen LogP contribution in [-0.2, 0) is 4.79 Å². The molecule has 0 radical (unpaired) electrons. The first-order valence-corrected chi connectivity index (χ1v) is 6.29. The van der Waals surface area contributed by atoms with Crippen molar-refractivity contribution in [3.8, 4) is 0 Å². The maximum absolute atomic E-state index is 12.2. The van der Waals surface area contributed by atoms with Crippen LogP contribution < -0.4 is 10.2 Å². The smallest absolute Gasteiger partial charge is 0.471 e. The second-order valence-corrected chi connectivity index (χ2v) is 5.00. The van der Waals surface area contributed by atoms with Crippen molar-refractivity contribution in [2.75, 3.05) is 18.0 Å². The van der Waals surface area contributed by atoms with E-state index < -0.39 is 18.1 Å². The highest BCUT2D eigenvalue weighted by Crippen LogP contribution is 2.33. The maximum atomic E-state index is 12.2. The quantitative estimate of drug-likeness (QED) is 0.911. The summed E-state index contributed by atoms with van der Waals surface area (Å²) in [5.74, 6) is -1.92. The van der Waals surface area contributed by atoms with E-state index in [1.165, 1.54) is 6.07 Å². The second-order valence-electron chi connectivity index (χ2n) is 4.56. The van der Waals surface area contributed by atoms with Gasteiger partial charge in [0.25, 0.3) is 0 Å². The zero-order valence-corrected chi connectivity index (χ0v) is 11.1. The number of hydrogen-bond acceptors (Lipinski definition) is 2. The first-order valence-electron chi connectivity index (χ1n) is 5.91. The molecule has 20 heavy (non-hydrogen) atoms. The number of halogens is 4. The Morgan fingerprint density at radius 3 is 2.75 bits per heavy atom. The molecule has 1 fully saturated rings. The fourth-order valence-corrected chi connectivity index (χ4v) is 2.32. The molecule has 0 aliphatic carbocycles. The van der Waals surface area contributed by atoms with E-state index in [0.29, 0.717) is 23.7 Å². The molecule has 0 saturated carbocycles. The van der Waals surface area contributed by atoms with Crippen LogP contribution in [0.25, 0.3) is 5.73 Å². The van der Waals surface area contributed by atoms with E-state index in [1.807, 2.05) is 5.32 Å². The molecule has 1 aliphatic rings. The van der Waals surface area contributed by atoms with Crippen molar-refractivity contribution >= 4 is 28.9 Å². The van der Waals surface area contributed by atoms with Gasteiger partial charge in [-0.2, -0.15) is 13.2 Å². The predicted molar refractivity (Wildman–Crippen MR) is 70.2 cm³/mol. The minimum absolute atomic E-state index is 0.209. The minimum atomic E-state index is -4.87. The van der Waals surface area contributed by atoms with E-state index in [-0.39, 0.29) is 12.2 Å². The molecule has 1 saturated heterocycles. The van der Waals surface area contributed by atoms with Crippen molar-refractivity contribution in [2.24, 2.45) is 0 Å². The third kappa shape index (κ3) is 3.27. The van der Waals surface area contributed by atoms with Crippen LogP contribution >= 0.6 is 11.6 Å². The Balaban J connectivity index is 2.00. The van der Waals surface area contributed by atoms with Crippen LogP contribution in [0.15, 0.2) is 18.2 Å². The molecule has 1 unspecified atom stereocenters. The summed E-state index contributed by atoms with van der Waals surface area (Å²) in [5.41, 5.74) is 8.59. The number of carbonyl (C=O) groups excluding carboxylic acids is 1. The van der Waals surface area contributed by atoms with Gasteiger partial charge in [0.05, 0.1) is 0 Å². The summed E-state index contributed by atoms with van der Waals surface area (Å²) in [5, 5.41) is 2.39. The van der Waals surface area contributed by atoms with Gasteiger partial charge in [-0.3, -0.25) is 4.79 Å². The lowest BCUT2D eigenvalue weighted by Crippen LogP contribution is -2.44. The number of amides is 1. The van der Waals surface area contributed by atoms with E-state index in [4.69, 9.17) is 17.3 Å². The number of hydrogen-bond donors (Lipinski definition) is 1. The standard InChI is InChI=1S/C12H12ClF3N3O/c13-7-1-2-10(9(17)5-7)19-4-3-8(6-19)18-11(20)12(14,15)16/h1-2,5,8,17H,3-4,6H2,(H,18,20)/q-1. The van der Waals surface area contributed by atoms with E-state index in [0.717, 1.165) is 0 Å². The minimum Gasteiger partial charge on any atom is -0.697 e. The number of carbonyl (C=O) groups is 1. The highest BCUT2D eigenvalue weighted by molar-refractivity contribution is 6.31. The molecule has 8 heteroatoms. The highest BCUT2D eigenvalue weighted by Gasteiger charge is 2.40. The first kappa shape index (κ1) is 14.8. The molecule has 2 N–H and O–H groups in total. The molecular formula is C12H12ClF3N3O-. The fourth-order valence-electron chi connectivity index (χ4n) is 2.15. The van der Waals surface area contributed by atoms with Gasteiger partial charge < -0.3 is 16.0 Å². The van der Waals surface area contributed by atoms with Crippen molar-refractivity contribution in [1.29, 1.82) is 0 Å². The second kappa shape index (κ2) is 5.40. The van der Waals surface area contributed by atoms with Crippen LogP contribution in [0.4, 0.5) is 24.5 Å². The van der Waals surface area contributed by atoms with Crippen LogP contribution in [0.2, 0.25) is 5.02 Å². The maximum Gasteiger partial charge on any atom is 0.471 e. The average Bonchev–Trinajstić information content (AvgIpc) is 2.76. The Bertz CT molecular complexity index is 521. The van der Waals surface area contributed by atoms with Crippen molar-refractivity contribution in [3.63, 3.8) is 0 Å². The van der Waals surface area contributed by atoms with Gasteiger partial charge >= 0.3 is 12.1 Å². The fraction of sp³-hybridized carbons (Fsp3) is 0.417. The molecule has 2 rings (SSSR count). The monoisotopic (exact) mass is 306 g/mol.